The molecule has 5 nitrogen and oxygen atoms in total. The molecule has 0 spiro atoms. The van der Waals surface area contributed by atoms with Crippen LogP contribution in [-0.4, -0.2) is 24.7 Å². The third-order valence-corrected chi connectivity index (χ3v) is 3.01. The zero-order chi connectivity index (χ0) is 14.7. The number of hydrogen-bond acceptors (Lipinski definition) is 5. The lowest BCUT2D eigenvalue weighted by molar-refractivity contribution is 0.174. The van der Waals surface area contributed by atoms with Gasteiger partial charge in [0.2, 0.25) is 6.79 Å². The molecule has 1 aliphatic heterocycles. The van der Waals surface area contributed by atoms with E-state index in [9.17, 15) is 5.11 Å². The number of fused-ring (bicyclic) bond motifs is 1. The molecule has 0 aliphatic carbocycles. The van der Waals surface area contributed by atoms with Crippen LogP contribution in [0.15, 0.2) is 41.4 Å². The summed E-state index contributed by atoms with van der Waals surface area (Å²) in [6.07, 6.45) is 1.66. The second kappa shape index (κ2) is 5.75. The standard InChI is InChI=1S/C16H15NO4/c1-2-19-12-4-5-13(14(18)8-12)17-9-11-3-6-15-16(7-11)21-10-20-15/h3-9,18H,2,10H2,1H3. The van der Waals surface area contributed by atoms with Crippen molar-refractivity contribution in [3.8, 4) is 23.0 Å². The van der Waals surface area contributed by atoms with Crippen LogP contribution in [0.4, 0.5) is 5.69 Å². The van der Waals surface area contributed by atoms with Crippen molar-refractivity contribution in [1.82, 2.24) is 0 Å². The number of nitrogens with zero attached hydrogens (tertiary/aromatic N) is 1. The van der Waals surface area contributed by atoms with Gasteiger partial charge in [0.25, 0.3) is 0 Å². The average Bonchev–Trinajstić information content (AvgIpc) is 2.94. The molecule has 1 aliphatic rings. The summed E-state index contributed by atoms with van der Waals surface area (Å²) >= 11 is 0. The minimum Gasteiger partial charge on any atom is -0.506 e. The maximum absolute atomic E-state index is 9.91. The fraction of sp³-hybridized carbons (Fsp3) is 0.188. The fourth-order valence-electron chi connectivity index (χ4n) is 2.01. The number of aromatic hydroxyl groups is 1. The number of benzene rings is 2. The smallest absolute Gasteiger partial charge is 0.231 e. The lowest BCUT2D eigenvalue weighted by atomic mass is 10.2. The van der Waals surface area contributed by atoms with E-state index in [1.807, 2.05) is 25.1 Å². The molecule has 2 aromatic carbocycles. The van der Waals surface area contributed by atoms with Crippen LogP contribution in [0.1, 0.15) is 12.5 Å². The fourth-order valence-corrected chi connectivity index (χ4v) is 2.01. The number of hydrogen-bond donors (Lipinski definition) is 1. The van der Waals surface area contributed by atoms with Crippen LogP contribution in [0.3, 0.4) is 0 Å². The van der Waals surface area contributed by atoms with Crippen LogP contribution in [0.2, 0.25) is 0 Å². The Morgan fingerprint density at radius 3 is 2.86 bits per heavy atom. The van der Waals surface area contributed by atoms with Gasteiger partial charge in [-0.15, -0.1) is 0 Å². The van der Waals surface area contributed by atoms with Crippen molar-refractivity contribution < 1.29 is 19.3 Å². The molecular formula is C16H15NO4. The molecule has 0 radical (unpaired) electrons. The minimum atomic E-state index is 0.0814. The normalized spacial score (nSPS) is 12.8. The first-order chi connectivity index (χ1) is 10.3. The molecule has 2 aromatic rings. The summed E-state index contributed by atoms with van der Waals surface area (Å²) in [5, 5.41) is 9.91. The Kier molecular flexibility index (Phi) is 3.64. The lowest BCUT2D eigenvalue weighted by Gasteiger charge is -2.04. The van der Waals surface area contributed by atoms with E-state index in [2.05, 4.69) is 4.99 Å². The van der Waals surface area contributed by atoms with E-state index >= 15 is 0 Å². The van der Waals surface area contributed by atoms with Gasteiger partial charge in [-0.05, 0) is 42.8 Å². The summed E-state index contributed by atoms with van der Waals surface area (Å²) in [4.78, 5) is 4.28. The van der Waals surface area contributed by atoms with Gasteiger partial charge in [0.1, 0.15) is 17.2 Å². The van der Waals surface area contributed by atoms with Gasteiger partial charge in [0.05, 0.1) is 6.61 Å². The Hall–Kier alpha value is -2.69. The predicted molar refractivity (Wildman–Crippen MR) is 79.1 cm³/mol. The molecule has 0 fully saturated rings. The topological polar surface area (TPSA) is 60.3 Å². The maximum atomic E-state index is 9.91. The molecule has 1 N–H and O–H groups in total. The molecule has 5 heteroatoms. The number of aliphatic imine (C=N–C) groups is 1. The largest absolute Gasteiger partial charge is 0.506 e. The first-order valence-electron chi connectivity index (χ1n) is 6.66. The lowest BCUT2D eigenvalue weighted by Crippen LogP contribution is -1.92. The SMILES string of the molecule is CCOc1ccc(N=Cc2ccc3c(c2)OCO3)c(O)c1. The second-order valence-corrected chi connectivity index (χ2v) is 4.45. The van der Waals surface area contributed by atoms with Gasteiger partial charge in [-0.25, -0.2) is 0 Å². The van der Waals surface area contributed by atoms with E-state index < -0.39 is 0 Å². The summed E-state index contributed by atoms with van der Waals surface area (Å²) in [7, 11) is 0. The molecule has 1 heterocycles. The number of phenols is 1. The highest BCUT2D eigenvalue weighted by Crippen LogP contribution is 2.33. The maximum Gasteiger partial charge on any atom is 0.231 e. The van der Waals surface area contributed by atoms with Gasteiger partial charge < -0.3 is 19.3 Å². The minimum absolute atomic E-state index is 0.0814. The first-order valence-corrected chi connectivity index (χ1v) is 6.66. The summed E-state index contributed by atoms with van der Waals surface area (Å²) in [5.74, 6) is 2.14. The van der Waals surface area contributed by atoms with Crippen LogP contribution in [-0.2, 0) is 0 Å². The van der Waals surface area contributed by atoms with Gasteiger partial charge in [0, 0.05) is 12.3 Å². The highest BCUT2D eigenvalue weighted by atomic mass is 16.7. The number of rotatable bonds is 4. The van der Waals surface area contributed by atoms with Gasteiger partial charge >= 0.3 is 0 Å². The molecule has 0 amide bonds. The monoisotopic (exact) mass is 285 g/mol. The molecule has 0 saturated carbocycles. The van der Waals surface area contributed by atoms with Crippen molar-refractivity contribution in [2.45, 2.75) is 6.92 Å². The highest BCUT2D eigenvalue weighted by Gasteiger charge is 2.12. The third-order valence-electron chi connectivity index (χ3n) is 3.01. The second-order valence-electron chi connectivity index (χ2n) is 4.45. The average molecular weight is 285 g/mol. The Morgan fingerprint density at radius 2 is 2.05 bits per heavy atom. The third kappa shape index (κ3) is 2.91. The molecule has 0 saturated heterocycles. The van der Waals surface area contributed by atoms with E-state index in [4.69, 9.17) is 14.2 Å². The molecule has 108 valence electrons. The van der Waals surface area contributed by atoms with E-state index in [-0.39, 0.29) is 12.5 Å². The van der Waals surface area contributed by atoms with Gasteiger partial charge in [-0.2, -0.15) is 0 Å². The van der Waals surface area contributed by atoms with Crippen LogP contribution in [0.25, 0.3) is 0 Å². The van der Waals surface area contributed by atoms with Crippen LogP contribution in [0.5, 0.6) is 23.0 Å². The molecule has 3 rings (SSSR count). The summed E-state index contributed by atoms with van der Waals surface area (Å²) in [6.45, 7) is 2.69. The van der Waals surface area contributed by atoms with E-state index in [0.717, 1.165) is 11.3 Å². The molecule has 0 bridgehead atoms. The van der Waals surface area contributed by atoms with Gasteiger partial charge in [-0.1, -0.05) is 0 Å². The summed E-state index contributed by atoms with van der Waals surface area (Å²) in [6, 6.07) is 10.6. The van der Waals surface area contributed by atoms with Crippen molar-refractivity contribution in [3.05, 3.63) is 42.0 Å². The molecule has 21 heavy (non-hydrogen) atoms. The predicted octanol–water partition coefficient (Wildman–Crippen LogP) is 3.27. The van der Waals surface area contributed by atoms with E-state index in [0.29, 0.717) is 23.8 Å². The van der Waals surface area contributed by atoms with Crippen molar-refractivity contribution >= 4 is 11.9 Å². The Balaban J connectivity index is 1.79. The number of ether oxygens (including phenoxy) is 3. The van der Waals surface area contributed by atoms with Crippen molar-refractivity contribution in [2.75, 3.05) is 13.4 Å². The molecular weight excluding hydrogens is 270 g/mol. The van der Waals surface area contributed by atoms with Gasteiger partial charge in [-0.3, -0.25) is 4.99 Å². The zero-order valence-corrected chi connectivity index (χ0v) is 11.6. The Bertz CT molecular complexity index is 682. The Morgan fingerprint density at radius 1 is 1.19 bits per heavy atom. The van der Waals surface area contributed by atoms with Crippen LogP contribution < -0.4 is 14.2 Å². The zero-order valence-electron chi connectivity index (χ0n) is 11.6. The van der Waals surface area contributed by atoms with Crippen LogP contribution >= 0.6 is 0 Å². The van der Waals surface area contributed by atoms with Crippen molar-refractivity contribution in [2.24, 2.45) is 4.99 Å². The van der Waals surface area contributed by atoms with Crippen molar-refractivity contribution in [1.29, 1.82) is 0 Å². The molecule has 0 unspecified atom stereocenters. The van der Waals surface area contributed by atoms with Gasteiger partial charge in [0.15, 0.2) is 11.5 Å². The van der Waals surface area contributed by atoms with E-state index in [1.165, 1.54) is 0 Å². The van der Waals surface area contributed by atoms with E-state index in [1.54, 1.807) is 24.4 Å². The number of phenolic OH excluding ortho intramolecular Hbond substituents is 1. The molecule has 0 atom stereocenters. The van der Waals surface area contributed by atoms with Crippen molar-refractivity contribution in [3.63, 3.8) is 0 Å². The summed E-state index contributed by atoms with van der Waals surface area (Å²) < 4.78 is 15.9. The quantitative estimate of drug-likeness (QED) is 0.876. The summed E-state index contributed by atoms with van der Waals surface area (Å²) in [5.41, 5.74) is 1.35. The highest BCUT2D eigenvalue weighted by molar-refractivity contribution is 5.84. The molecule has 0 aromatic heterocycles. The van der Waals surface area contributed by atoms with Crippen LogP contribution in [0, 0.1) is 0 Å². The first kappa shape index (κ1) is 13.3. The Labute approximate surface area is 122 Å².